The number of rotatable bonds is 8. The van der Waals surface area contributed by atoms with Crippen molar-refractivity contribution in [1.29, 1.82) is 0 Å². The third kappa shape index (κ3) is 3.72. The molecule has 1 aliphatic rings. The second kappa shape index (κ2) is 6.99. The van der Waals surface area contributed by atoms with Crippen molar-refractivity contribution in [2.75, 3.05) is 13.2 Å². The van der Waals surface area contributed by atoms with Gasteiger partial charge in [0.1, 0.15) is 6.10 Å². The lowest BCUT2D eigenvalue weighted by atomic mass is 9.94. The van der Waals surface area contributed by atoms with E-state index in [0.29, 0.717) is 13.0 Å². The minimum absolute atomic E-state index is 0.0210. The van der Waals surface area contributed by atoms with Crippen LogP contribution in [0, 0.1) is 0 Å². The minimum atomic E-state index is -2.09. The maximum absolute atomic E-state index is 12.5. The zero-order valence-corrected chi connectivity index (χ0v) is 16.1. The summed E-state index contributed by atoms with van der Waals surface area (Å²) in [7, 11) is -2.09. The molecule has 0 unspecified atom stereocenters. The molecule has 130 valence electrons. The Morgan fingerprint density at radius 1 is 1.36 bits per heavy atom. The van der Waals surface area contributed by atoms with Gasteiger partial charge in [-0.15, -0.1) is 0 Å². The quantitative estimate of drug-likeness (QED) is 0.420. The molecule has 1 saturated heterocycles. The summed E-state index contributed by atoms with van der Waals surface area (Å²) in [5.41, 5.74) is -1.04. The Labute approximate surface area is 135 Å². The normalized spacial score (nSPS) is 26.6. The zero-order valence-electron chi connectivity index (χ0n) is 15.1. The monoisotopic (exact) mass is 332 g/mol. The number of epoxide rings is 1. The maximum Gasteiger partial charge on any atom is 0.343 e. The van der Waals surface area contributed by atoms with Crippen molar-refractivity contribution < 1.29 is 23.8 Å². The van der Waals surface area contributed by atoms with E-state index in [1.807, 2.05) is 6.92 Å². The summed E-state index contributed by atoms with van der Waals surface area (Å²) in [5.74, 6) is -0.362. The van der Waals surface area contributed by atoms with Crippen LogP contribution < -0.4 is 0 Å². The molecule has 6 heteroatoms. The van der Waals surface area contributed by atoms with E-state index in [1.54, 1.807) is 6.92 Å². The number of aliphatic hydroxyl groups excluding tert-OH is 1. The van der Waals surface area contributed by atoms with Gasteiger partial charge in [-0.25, -0.2) is 4.79 Å². The smallest absolute Gasteiger partial charge is 0.343 e. The van der Waals surface area contributed by atoms with Gasteiger partial charge in [0.15, 0.2) is 8.32 Å². The first-order valence-corrected chi connectivity index (χ1v) is 11.1. The van der Waals surface area contributed by atoms with Crippen molar-refractivity contribution in [3.8, 4) is 0 Å². The molecule has 0 amide bonds. The zero-order chi connectivity index (χ0) is 17.2. The Kier molecular flexibility index (Phi) is 6.23. The van der Waals surface area contributed by atoms with Crippen LogP contribution in [0.15, 0.2) is 0 Å². The van der Waals surface area contributed by atoms with E-state index < -0.39 is 20.0 Å². The third-order valence-electron chi connectivity index (χ3n) is 4.84. The molecule has 0 aromatic carbocycles. The van der Waals surface area contributed by atoms with Gasteiger partial charge in [-0.05, 0) is 37.9 Å². The Bertz CT molecular complexity index is 390. The second-order valence-corrected chi connectivity index (χ2v) is 12.2. The summed E-state index contributed by atoms with van der Waals surface area (Å²) >= 11 is 0. The third-order valence-corrected chi connectivity index (χ3v) is 9.32. The maximum atomic E-state index is 12.5. The van der Waals surface area contributed by atoms with Crippen molar-refractivity contribution in [1.82, 2.24) is 0 Å². The molecule has 0 saturated carbocycles. The van der Waals surface area contributed by atoms with E-state index in [2.05, 4.69) is 33.9 Å². The lowest BCUT2D eigenvalue weighted by Crippen LogP contribution is -2.52. The molecule has 1 heterocycles. The van der Waals surface area contributed by atoms with Gasteiger partial charge in [-0.3, -0.25) is 0 Å². The number of aliphatic hydroxyl groups is 1. The number of esters is 1. The van der Waals surface area contributed by atoms with Gasteiger partial charge in [-0.1, -0.05) is 27.7 Å². The fourth-order valence-corrected chi connectivity index (χ4v) is 3.79. The van der Waals surface area contributed by atoms with E-state index in [0.717, 1.165) is 6.42 Å². The number of carbonyl (C=O) groups excluding carboxylic acids is 1. The van der Waals surface area contributed by atoms with E-state index in [9.17, 15) is 9.90 Å². The van der Waals surface area contributed by atoms with Crippen LogP contribution in [0.4, 0.5) is 0 Å². The highest BCUT2D eigenvalue weighted by atomic mass is 28.4. The van der Waals surface area contributed by atoms with E-state index in [4.69, 9.17) is 13.9 Å². The largest absolute Gasteiger partial charge is 0.464 e. The van der Waals surface area contributed by atoms with Gasteiger partial charge < -0.3 is 19.0 Å². The molecule has 0 radical (unpaired) electrons. The van der Waals surface area contributed by atoms with Crippen LogP contribution >= 0.6 is 0 Å². The molecule has 5 nitrogen and oxygen atoms in total. The first-order chi connectivity index (χ1) is 10.1. The topological polar surface area (TPSA) is 68.3 Å². The Morgan fingerprint density at radius 3 is 2.32 bits per heavy atom. The standard InChI is InChI=1S/C16H32O5Si/c1-8-12-16(20-12,14(18)19-9-2)13(10-11-17)21-22(6,7)15(3,4)5/h12-13,17H,8-11H2,1-7H3/t12-,13-,16-/m1/s1. The average molecular weight is 333 g/mol. The number of hydrogen-bond acceptors (Lipinski definition) is 5. The Balaban J connectivity index is 3.04. The summed E-state index contributed by atoms with van der Waals surface area (Å²) in [6, 6.07) is 0. The van der Waals surface area contributed by atoms with Crippen LogP contribution in [0.25, 0.3) is 0 Å². The molecule has 1 N–H and O–H groups in total. The molecular formula is C16H32O5Si. The van der Waals surface area contributed by atoms with E-state index in [-0.39, 0.29) is 23.7 Å². The molecule has 1 fully saturated rings. The highest BCUT2D eigenvalue weighted by Crippen LogP contribution is 2.48. The molecule has 0 aromatic rings. The molecule has 3 atom stereocenters. The Morgan fingerprint density at radius 2 is 1.95 bits per heavy atom. The van der Waals surface area contributed by atoms with Gasteiger partial charge in [0.25, 0.3) is 0 Å². The lowest BCUT2D eigenvalue weighted by molar-refractivity contribution is -0.154. The molecule has 1 aliphatic heterocycles. The van der Waals surface area contributed by atoms with E-state index in [1.165, 1.54) is 0 Å². The van der Waals surface area contributed by atoms with Gasteiger partial charge >= 0.3 is 5.97 Å². The van der Waals surface area contributed by atoms with Crippen LogP contribution in [0.1, 0.15) is 47.5 Å². The molecular weight excluding hydrogens is 300 g/mol. The van der Waals surface area contributed by atoms with Gasteiger partial charge in [0, 0.05) is 6.61 Å². The molecule has 1 rings (SSSR count). The summed E-state index contributed by atoms with van der Waals surface area (Å²) in [5, 5.41) is 9.45. The van der Waals surface area contributed by atoms with Crippen molar-refractivity contribution >= 4 is 14.3 Å². The van der Waals surface area contributed by atoms with Crippen molar-refractivity contribution in [2.45, 2.75) is 83.4 Å². The van der Waals surface area contributed by atoms with Crippen LogP contribution in [0.2, 0.25) is 18.1 Å². The van der Waals surface area contributed by atoms with Crippen LogP contribution in [-0.4, -0.2) is 50.4 Å². The predicted molar refractivity (Wildman–Crippen MR) is 88.3 cm³/mol. The number of hydrogen-bond donors (Lipinski definition) is 1. The number of carbonyl (C=O) groups is 1. The SMILES string of the molecule is CCOC(=O)[C@@]1([C@@H](CCO)O[Si](C)(C)C(C)(C)C)O[C@@H]1CC. The highest BCUT2D eigenvalue weighted by molar-refractivity contribution is 6.74. The first-order valence-electron chi connectivity index (χ1n) is 8.20. The predicted octanol–water partition coefficient (Wildman–Crippen LogP) is 2.87. The lowest BCUT2D eigenvalue weighted by Gasteiger charge is -2.40. The molecule has 22 heavy (non-hydrogen) atoms. The van der Waals surface area contributed by atoms with Crippen LogP contribution in [-0.2, 0) is 18.7 Å². The Hall–Kier alpha value is -0.433. The van der Waals surface area contributed by atoms with Gasteiger partial charge in [0.05, 0.1) is 12.7 Å². The van der Waals surface area contributed by atoms with Crippen molar-refractivity contribution in [2.24, 2.45) is 0 Å². The average Bonchev–Trinajstić information content (AvgIpc) is 3.12. The first kappa shape index (κ1) is 19.6. The molecule has 0 spiro atoms. The van der Waals surface area contributed by atoms with Gasteiger partial charge in [0.2, 0.25) is 5.60 Å². The summed E-state index contributed by atoms with van der Waals surface area (Å²) < 4.78 is 17.4. The van der Waals surface area contributed by atoms with Crippen LogP contribution in [0.5, 0.6) is 0 Å². The van der Waals surface area contributed by atoms with Crippen LogP contribution in [0.3, 0.4) is 0 Å². The summed E-state index contributed by atoms with van der Waals surface area (Å²) in [6.07, 6.45) is 0.457. The van der Waals surface area contributed by atoms with Gasteiger partial charge in [-0.2, -0.15) is 0 Å². The fourth-order valence-electron chi connectivity index (χ4n) is 2.44. The van der Waals surface area contributed by atoms with E-state index >= 15 is 0 Å². The number of ether oxygens (including phenoxy) is 2. The fraction of sp³-hybridized carbons (Fsp3) is 0.938. The minimum Gasteiger partial charge on any atom is -0.464 e. The highest BCUT2D eigenvalue weighted by Gasteiger charge is 2.68. The second-order valence-electron chi connectivity index (χ2n) is 7.41. The summed E-state index contributed by atoms with van der Waals surface area (Å²) in [6.45, 7) is 14.8. The molecule has 0 aromatic heterocycles. The molecule has 0 bridgehead atoms. The summed E-state index contributed by atoms with van der Waals surface area (Å²) in [4.78, 5) is 12.5. The van der Waals surface area contributed by atoms with Crippen molar-refractivity contribution in [3.63, 3.8) is 0 Å². The molecule has 0 aliphatic carbocycles. The van der Waals surface area contributed by atoms with Crippen molar-refractivity contribution in [3.05, 3.63) is 0 Å².